The van der Waals surface area contributed by atoms with Crippen LogP contribution in [0.4, 0.5) is 8.78 Å². The van der Waals surface area contributed by atoms with Crippen molar-refractivity contribution in [3.8, 4) is 17.2 Å². The van der Waals surface area contributed by atoms with Crippen molar-refractivity contribution in [2.75, 3.05) is 20.8 Å². The minimum Gasteiger partial charge on any atom is -0.497 e. The summed E-state index contributed by atoms with van der Waals surface area (Å²) in [7, 11) is 3.18. The number of ether oxygens (including phenoxy) is 3. The Hall–Kier alpha value is -3.61. The zero-order chi connectivity index (χ0) is 22.2. The standard InChI is InChI=1S/C24H23F2NO4/c1-29-19-8-3-16(4-9-19)13-22(17-5-10-20(30-2)11-6-17)27-24(28)15-31-23-12-7-18(25)14-21(23)26/h3-12,14,22H,13,15H2,1-2H3,(H,27,28). The Bertz CT molecular complexity index is 1010. The number of carbonyl (C=O) groups excluding carboxylic acids is 1. The molecule has 162 valence electrons. The molecule has 3 rings (SSSR count). The first-order chi connectivity index (χ1) is 15.0. The molecule has 0 heterocycles. The average molecular weight is 427 g/mol. The summed E-state index contributed by atoms with van der Waals surface area (Å²) >= 11 is 0. The van der Waals surface area contributed by atoms with E-state index in [-0.39, 0.29) is 11.8 Å². The average Bonchev–Trinajstić information content (AvgIpc) is 2.78. The second-order valence-electron chi connectivity index (χ2n) is 6.81. The summed E-state index contributed by atoms with van der Waals surface area (Å²) < 4.78 is 42.4. The van der Waals surface area contributed by atoms with Crippen LogP contribution in [0.3, 0.4) is 0 Å². The smallest absolute Gasteiger partial charge is 0.258 e. The molecule has 31 heavy (non-hydrogen) atoms. The number of hydrogen-bond donors (Lipinski definition) is 1. The number of halogens is 2. The molecule has 0 saturated carbocycles. The van der Waals surface area contributed by atoms with Gasteiger partial charge in [-0.1, -0.05) is 24.3 Å². The van der Waals surface area contributed by atoms with Crippen LogP contribution in [-0.4, -0.2) is 26.7 Å². The molecule has 0 bridgehead atoms. The number of amides is 1. The van der Waals surface area contributed by atoms with Crippen LogP contribution < -0.4 is 19.5 Å². The van der Waals surface area contributed by atoms with Crippen molar-refractivity contribution in [1.82, 2.24) is 5.32 Å². The number of benzene rings is 3. The normalized spacial score (nSPS) is 11.5. The molecule has 1 atom stereocenters. The Morgan fingerprint density at radius 3 is 2.10 bits per heavy atom. The quantitative estimate of drug-likeness (QED) is 0.548. The van der Waals surface area contributed by atoms with Crippen molar-refractivity contribution in [1.29, 1.82) is 0 Å². The lowest BCUT2D eigenvalue weighted by molar-refractivity contribution is -0.123. The van der Waals surface area contributed by atoms with E-state index in [1.54, 1.807) is 14.2 Å². The largest absolute Gasteiger partial charge is 0.497 e. The lowest BCUT2D eigenvalue weighted by Gasteiger charge is -2.20. The molecule has 0 radical (unpaired) electrons. The highest BCUT2D eigenvalue weighted by atomic mass is 19.1. The Morgan fingerprint density at radius 1 is 0.903 bits per heavy atom. The maximum absolute atomic E-state index is 13.7. The second kappa shape index (κ2) is 10.4. The molecule has 0 fully saturated rings. The predicted molar refractivity (Wildman–Crippen MR) is 112 cm³/mol. The predicted octanol–water partition coefficient (Wildman–Crippen LogP) is 4.46. The molecule has 0 aliphatic carbocycles. The van der Waals surface area contributed by atoms with Gasteiger partial charge >= 0.3 is 0 Å². The summed E-state index contributed by atoms with van der Waals surface area (Å²) in [6.07, 6.45) is 0.521. The van der Waals surface area contributed by atoms with Crippen molar-refractivity contribution in [3.63, 3.8) is 0 Å². The summed E-state index contributed by atoms with van der Waals surface area (Å²) in [6.45, 7) is -0.405. The molecular formula is C24H23F2NO4. The first-order valence-electron chi connectivity index (χ1n) is 9.62. The van der Waals surface area contributed by atoms with Crippen LogP contribution in [0, 0.1) is 11.6 Å². The fraction of sp³-hybridized carbons (Fsp3) is 0.208. The van der Waals surface area contributed by atoms with E-state index < -0.39 is 24.1 Å². The lowest BCUT2D eigenvalue weighted by atomic mass is 9.98. The van der Waals surface area contributed by atoms with Gasteiger partial charge in [-0.25, -0.2) is 8.78 Å². The SMILES string of the molecule is COc1ccc(CC(NC(=O)COc2ccc(F)cc2F)c2ccc(OC)cc2)cc1. The van der Waals surface area contributed by atoms with Crippen LogP contribution >= 0.6 is 0 Å². The summed E-state index contributed by atoms with van der Waals surface area (Å²) in [5, 5.41) is 2.92. The number of carbonyl (C=O) groups is 1. The van der Waals surface area contributed by atoms with Crippen molar-refractivity contribution in [3.05, 3.63) is 89.5 Å². The number of nitrogens with one attached hydrogen (secondary N) is 1. The van der Waals surface area contributed by atoms with Gasteiger partial charge in [0.25, 0.3) is 5.91 Å². The Kier molecular flexibility index (Phi) is 7.43. The van der Waals surface area contributed by atoms with E-state index in [1.165, 1.54) is 0 Å². The lowest BCUT2D eigenvalue weighted by Crippen LogP contribution is -2.33. The van der Waals surface area contributed by atoms with E-state index in [9.17, 15) is 13.6 Å². The zero-order valence-corrected chi connectivity index (χ0v) is 17.2. The van der Waals surface area contributed by atoms with Crippen LogP contribution in [0.2, 0.25) is 0 Å². The van der Waals surface area contributed by atoms with Crippen molar-refractivity contribution >= 4 is 5.91 Å². The van der Waals surface area contributed by atoms with E-state index in [0.717, 1.165) is 29.0 Å². The van der Waals surface area contributed by atoms with E-state index in [0.29, 0.717) is 18.2 Å². The monoisotopic (exact) mass is 427 g/mol. The molecule has 7 heteroatoms. The van der Waals surface area contributed by atoms with Crippen LogP contribution in [0.5, 0.6) is 17.2 Å². The van der Waals surface area contributed by atoms with Gasteiger partial charge in [0.1, 0.15) is 17.3 Å². The highest BCUT2D eigenvalue weighted by Gasteiger charge is 2.17. The fourth-order valence-electron chi connectivity index (χ4n) is 3.06. The van der Waals surface area contributed by atoms with E-state index in [1.807, 2.05) is 48.5 Å². The molecule has 0 aliphatic rings. The molecule has 0 aromatic heterocycles. The molecule has 1 amide bonds. The third kappa shape index (κ3) is 6.18. The summed E-state index contributed by atoms with van der Waals surface area (Å²) in [4.78, 5) is 12.5. The van der Waals surface area contributed by atoms with Gasteiger partial charge in [-0.3, -0.25) is 4.79 Å². The van der Waals surface area contributed by atoms with Gasteiger partial charge in [0, 0.05) is 6.07 Å². The van der Waals surface area contributed by atoms with Gasteiger partial charge < -0.3 is 19.5 Å². The minimum atomic E-state index is -0.863. The maximum Gasteiger partial charge on any atom is 0.258 e. The molecule has 5 nitrogen and oxygen atoms in total. The topological polar surface area (TPSA) is 56.8 Å². The summed E-state index contributed by atoms with van der Waals surface area (Å²) in [6, 6.07) is 17.5. The first kappa shape index (κ1) is 22.1. The van der Waals surface area contributed by atoms with Gasteiger partial charge in [-0.2, -0.15) is 0 Å². The molecule has 3 aromatic carbocycles. The molecule has 0 spiro atoms. The third-order valence-corrected chi connectivity index (χ3v) is 4.70. The number of methoxy groups -OCH3 is 2. The third-order valence-electron chi connectivity index (χ3n) is 4.70. The van der Waals surface area contributed by atoms with Crippen LogP contribution in [0.1, 0.15) is 17.2 Å². The second-order valence-corrected chi connectivity index (χ2v) is 6.81. The van der Waals surface area contributed by atoms with Crippen LogP contribution in [0.25, 0.3) is 0 Å². The molecular weight excluding hydrogens is 404 g/mol. The van der Waals surface area contributed by atoms with Crippen LogP contribution in [-0.2, 0) is 11.2 Å². The highest BCUT2D eigenvalue weighted by molar-refractivity contribution is 5.78. The molecule has 3 aromatic rings. The van der Waals surface area contributed by atoms with E-state index in [4.69, 9.17) is 14.2 Å². The van der Waals surface area contributed by atoms with Gasteiger partial charge in [-0.05, 0) is 53.9 Å². The van der Waals surface area contributed by atoms with Crippen molar-refractivity contribution in [2.45, 2.75) is 12.5 Å². The van der Waals surface area contributed by atoms with E-state index >= 15 is 0 Å². The Morgan fingerprint density at radius 2 is 1.52 bits per heavy atom. The van der Waals surface area contributed by atoms with Crippen LogP contribution in [0.15, 0.2) is 66.7 Å². The Labute approximate surface area is 179 Å². The van der Waals surface area contributed by atoms with E-state index in [2.05, 4.69) is 5.32 Å². The fourth-order valence-corrected chi connectivity index (χ4v) is 3.06. The van der Waals surface area contributed by atoms with Gasteiger partial charge in [0.15, 0.2) is 18.2 Å². The summed E-state index contributed by atoms with van der Waals surface area (Å²) in [5.74, 6) is -0.756. The number of rotatable bonds is 9. The molecule has 1 N–H and O–H groups in total. The van der Waals surface area contributed by atoms with Gasteiger partial charge in [0.2, 0.25) is 0 Å². The number of hydrogen-bond acceptors (Lipinski definition) is 4. The van der Waals surface area contributed by atoms with Crippen molar-refractivity contribution < 1.29 is 27.8 Å². The summed E-state index contributed by atoms with van der Waals surface area (Å²) in [5.41, 5.74) is 1.87. The maximum atomic E-state index is 13.7. The molecule has 0 saturated heterocycles. The zero-order valence-electron chi connectivity index (χ0n) is 17.2. The molecule has 0 aliphatic heterocycles. The molecule has 1 unspecified atom stereocenters. The van der Waals surface area contributed by atoms with Gasteiger partial charge in [-0.15, -0.1) is 0 Å². The van der Waals surface area contributed by atoms with Crippen molar-refractivity contribution in [2.24, 2.45) is 0 Å². The Balaban J connectivity index is 1.71. The highest BCUT2D eigenvalue weighted by Crippen LogP contribution is 2.23. The van der Waals surface area contributed by atoms with Gasteiger partial charge in [0.05, 0.1) is 20.3 Å². The minimum absolute atomic E-state index is 0.187. The first-order valence-corrected chi connectivity index (χ1v) is 9.62.